The maximum atomic E-state index is 12.7. The Morgan fingerprint density at radius 2 is 1.71 bits per heavy atom. The van der Waals surface area contributed by atoms with Gasteiger partial charge in [0.25, 0.3) is 15.7 Å². The Kier molecular flexibility index (Phi) is 5.41. The highest BCUT2D eigenvalue weighted by Crippen LogP contribution is 2.26. The number of nitro groups is 1. The lowest BCUT2D eigenvalue weighted by atomic mass is 10.2. The molecule has 0 aromatic heterocycles. The first kappa shape index (κ1) is 20.2. The Labute approximate surface area is 163 Å². The van der Waals surface area contributed by atoms with Crippen LogP contribution in [0.3, 0.4) is 0 Å². The molecule has 1 aliphatic heterocycles. The van der Waals surface area contributed by atoms with Crippen molar-refractivity contribution in [2.75, 3.05) is 17.8 Å². The Bertz CT molecular complexity index is 1120. The Balaban J connectivity index is 1.94. The molecule has 150 valence electrons. The topological polar surface area (TPSA) is 127 Å². The van der Waals surface area contributed by atoms with Crippen molar-refractivity contribution in [3.05, 3.63) is 58.1 Å². The second-order valence-corrected chi connectivity index (χ2v) is 10.0. The fourth-order valence-corrected chi connectivity index (χ4v) is 5.88. The molecule has 3 rings (SSSR count). The summed E-state index contributed by atoms with van der Waals surface area (Å²) in [5.74, 6) is 0. The maximum absolute atomic E-state index is 12.7. The molecular formula is C17H19N3O6S2. The quantitative estimate of drug-likeness (QED) is 0.560. The van der Waals surface area contributed by atoms with Crippen LogP contribution in [-0.2, 0) is 20.0 Å². The van der Waals surface area contributed by atoms with Gasteiger partial charge in [0.05, 0.1) is 20.4 Å². The normalized spacial score (nSPS) is 15.5. The van der Waals surface area contributed by atoms with E-state index in [0.717, 1.165) is 18.9 Å². The molecule has 1 N–H and O–H groups in total. The largest absolute Gasteiger partial charge is 0.280 e. The number of hydrogen-bond donors (Lipinski definition) is 1. The van der Waals surface area contributed by atoms with Crippen LogP contribution in [0.25, 0.3) is 0 Å². The van der Waals surface area contributed by atoms with Crippen molar-refractivity contribution in [3.63, 3.8) is 0 Å². The van der Waals surface area contributed by atoms with Gasteiger partial charge in [-0.25, -0.2) is 16.8 Å². The summed E-state index contributed by atoms with van der Waals surface area (Å²) >= 11 is 0. The third-order valence-electron chi connectivity index (χ3n) is 4.46. The zero-order chi connectivity index (χ0) is 20.5. The van der Waals surface area contributed by atoms with E-state index in [1.165, 1.54) is 47.6 Å². The molecule has 1 saturated heterocycles. The van der Waals surface area contributed by atoms with Crippen LogP contribution in [0.5, 0.6) is 0 Å². The van der Waals surface area contributed by atoms with E-state index in [1.54, 1.807) is 0 Å². The standard InChI is InChI=1S/C17H19N3O6S2/c1-13-7-8-15(20(21)22)12-17(13)27(23,24)18-14-5-4-6-16(11-14)28(25,26)19-9-2-3-10-19/h4-8,11-12,18H,2-3,9-10H2,1H3. The first-order valence-electron chi connectivity index (χ1n) is 8.49. The molecule has 0 radical (unpaired) electrons. The minimum atomic E-state index is -4.14. The van der Waals surface area contributed by atoms with Gasteiger partial charge in [0, 0.05) is 25.2 Å². The predicted molar refractivity (Wildman–Crippen MR) is 103 cm³/mol. The zero-order valence-electron chi connectivity index (χ0n) is 15.0. The van der Waals surface area contributed by atoms with Crippen molar-refractivity contribution in [1.82, 2.24) is 4.31 Å². The minimum Gasteiger partial charge on any atom is -0.280 e. The fraction of sp³-hybridized carbons (Fsp3) is 0.294. The Morgan fingerprint density at radius 1 is 1.04 bits per heavy atom. The number of anilines is 1. The third kappa shape index (κ3) is 4.01. The van der Waals surface area contributed by atoms with E-state index < -0.39 is 25.0 Å². The van der Waals surface area contributed by atoms with Gasteiger partial charge in [-0.2, -0.15) is 4.31 Å². The Morgan fingerprint density at radius 3 is 2.36 bits per heavy atom. The van der Waals surface area contributed by atoms with Crippen LogP contribution >= 0.6 is 0 Å². The fourth-order valence-electron chi connectivity index (χ4n) is 3.00. The van der Waals surface area contributed by atoms with Gasteiger partial charge < -0.3 is 0 Å². The molecule has 2 aromatic carbocycles. The molecule has 0 amide bonds. The highest BCUT2D eigenvalue weighted by Gasteiger charge is 2.28. The number of hydrogen-bond acceptors (Lipinski definition) is 6. The van der Waals surface area contributed by atoms with Crippen molar-refractivity contribution in [3.8, 4) is 0 Å². The highest BCUT2D eigenvalue weighted by molar-refractivity contribution is 7.92. The van der Waals surface area contributed by atoms with Crippen molar-refractivity contribution >= 4 is 31.4 Å². The van der Waals surface area contributed by atoms with Crippen LogP contribution in [-0.4, -0.2) is 39.2 Å². The summed E-state index contributed by atoms with van der Waals surface area (Å²) in [6.07, 6.45) is 1.58. The van der Waals surface area contributed by atoms with Gasteiger partial charge >= 0.3 is 0 Å². The molecule has 1 fully saturated rings. The van der Waals surface area contributed by atoms with E-state index in [2.05, 4.69) is 4.72 Å². The van der Waals surface area contributed by atoms with Gasteiger partial charge in [-0.05, 0) is 43.5 Å². The molecule has 11 heteroatoms. The van der Waals surface area contributed by atoms with Crippen molar-refractivity contribution < 1.29 is 21.8 Å². The van der Waals surface area contributed by atoms with E-state index >= 15 is 0 Å². The first-order chi connectivity index (χ1) is 13.1. The number of non-ortho nitro benzene ring substituents is 1. The van der Waals surface area contributed by atoms with Gasteiger partial charge in [0.1, 0.15) is 0 Å². The van der Waals surface area contributed by atoms with E-state index in [1.807, 2.05) is 0 Å². The van der Waals surface area contributed by atoms with Gasteiger partial charge in [-0.15, -0.1) is 0 Å². The average Bonchev–Trinajstić information content (AvgIpc) is 3.17. The van der Waals surface area contributed by atoms with Crippen molar-refractivity contribution in [2.24, 2.45) is 0 Å². The number of benzene rings is 2. The smallest absolute Gasteiger partial charge is 0.270 e. The zero-order valence-corrected chi connectivity index (χ0v) is 16.7. The lowest BCUT2D eigenvalue weighted by Gasteiger charge is -2.16. The molecular weight excluding hydrogens is 406 g/mol. The van der Waals surface area contributed by atoms with Crippen LogP contribution in [0.15, 0.2) is 52.3 Å². The summed E-state index contributed by atoms with van der Waals surface area (Å²) in [4.78, 5) is 10.0. The summed E-state index contributed by atoms with van der Waals surface area (Å²) in [5, 5.41) is 10.9. The molecule has 0 aliphatic carbocycles. The lowest BCUT2D eigenvalue weighted by molar-refractivity contribution is -0.385. The summed E-state index contributed by atoms with van der Waals surface area (Å²) in [7, 11) is -7.84. The summed E-state index contributed by atoms with van der Waals surface area (Å²) in [5.41, 5.74) is 0.0430. The molecule has 0 atom stereocenters. The van der Waals surface area contributed by atoms with E-state index in [0.29, 0.717) is 18.7 Å². The second kappa shape index (κ2) is 7.49. The molecule has 2 aromatic rings. The monoisotopic (exact) mass is 425 g/mol. The van der Waals surface area contributed by atoms with Gasteiger partial charge in [-0.1, -0.05) is 12.1 Å². The minimum absolute atomic E-state index is 0.00892. The van der Waals surface area contributed by atoms with Crippen LogP contribution in [0.2, 0.25) is 0 Å². The lowest BCUT2D eigenvalue weighted by Crippen LogP contribution is -2.28. The predicted octanol–water partition coefficient (Wildman–Crippen LogP) is 2.49. The van der Waals surface area contributed by atoms with Crippen LogP contribution in [0.4, 0.5) is 11.4 Å². The van der Waals surface area contributed by atoms with E-state index in [-0.39, 0.29) is 21.2 Å². The molecule has 0 saturated carbocycles. The first-order valence-corrected chi connectivity index (χ1v) is 11.4. The summed E-state index contributed by atoms with van der Waals surface area (Å²) in [6, 6.07) is 9.07. The molecule has 0 unspecified atom stereocenters. The average molecular weight is 425 g/mol. The van der Waals surface area contributed by atoms with Gasteiger partial charge in [0.15, 0.2) is 0 Å². The van der Waals surface area contributed by atoms with E-state index in [4.69, 9.17) is 0 Å². The Hall–Kier alpha value is -2.50. The second-order valence-electron chi connectivity index (χ2n) is 6.45. The molecule has 0 spiro atoms. The number of rotatable bonds is 6. The number of nitrogens with one attached hydrogen (secondary N) is 1. The molecule has 1 aliphatic rings. The van der Waals surface area contributed by atoms with E-state index in [9.17, 15) is 26.9 Å². The SMILES string of the molecule is Cc1ccc([N+](=O)[O-])cc1S(=O)(=O)Nc1cccc(S(=O)(=O)N2CCCC2)c1. The molecule has 28 heavy (non-hydrogen) atoms. The van der Waals surface area contributed by atoms with Crippen LogP contribution in [0, 0.1) is 17.0 Å². The maximum Gasteiger partial charge on any atom is 0.270 e. The summed E-state index contributed by atoms with van der Waals surface area (Å²) < 4.78 is 54.5. The summed E-state index contributed by atoms with van der Waals surface area (Å²) in [6.45, 7) is 2.39. The van der Waals surface area contributed by atoms with Crippen LogP contribution in [0.1, 0.15) is 18.4 Å². The van der Waals surface area contributed by atoms with Gasteiger partial charge in [-0.3, -0.25) is 14.8 Å². The number of nitrogens with zero attached hydrogens (tertiary/aromatic N) is 2. The van der Waals surface area contributed by atoms with Gasteiger partial charge in [0.2, 0.25) is 10.0 Å². The molecule has 9 nitrogen and oxygen atoms in total. The molecule has 0 bridgehead atoms. The van der Waals surface area contributed by atoms with Crippen molar-refractivity contribution in [1.29, 1.82) is 0 Å². The third-order valence-corrected chi connectivity index (χ3v) is 7.88. The number of aryl methyl sites for hydroxylation is 1. The number of nitro benzene ring substituents is 1. The highest BCUT2D eigenvalue weighted by atomic mass is 32.2. The number of sulfonamides is 2. The molecule has 1 heterocycles. The van der Waals surface area contributed by atoms with Crippen LogP contribution < -0.4 is 4.72 Å². The van der Waals surface area contributed by atoms with Crippen molar-refractivity contribution in [2.45, 2.75) is 29.6 Å².